The van der Waals surface area contributed by atoms with E-state index in [9.17, 15) is 4.39 Å². The number of benzene rings is 1. The summed E-state index contributed by atoms with van der Waals surface area (Å²) in [6, 6.07) is 4.75. The van der Waals surface area contributed by atoms with Crippen molar-refractivity contribution in [2.75, 3.05) is 11.9 Å². The van der Waals surface area contributed by atoms with Gasteiger partial charge in [0.25, 0.3) is 0 Å². The molecule has 0 unspecified atom stereocenters. The molecule has 2 nitrogen and oxygen atoms in total. The van der Waals surface area contributed by atoms with Crippen molar-refractivity contribution < 1.29 is 4.39 Å². The molecular weight excluding hydrogens is 247 g/mol. The molecule has 96 valence electrons. The summed E-state index contributed by atoms with van der Waals surface area (Å²) in [6.45, 7) is 0.979. The Balaban J connectivity index is 1.60. The normalized spacial score (nSPS) is 16.5. The first-order valence-electron chi connectivity index (χ1n) is 6.61. The van der Waals surface area contributed by atoms with Gasteiger partial charge in [-0.1, -0.05) is 37.0 Å². The fourth-order valence-corrected chi connectivity index (χ4v) is 3.57. The second-order valence-corrected chi connectivity index (χ2v) is 6.03. The van der Waals surface area contributed by atoms with Crippen molar-refractivity contribution in [3.05, 3.63) is 24.0 Å². The van der Waals surface area contributed by atoms with Crippen molar-refractivity contribution >= 4 is 26.7 Å². The van der Waals surface area contributed by atoms with E-state index in [1.54, 1.807) is 12.1 Å². The highest BCUT2D eigenvalue weighted by atomic mass is 32.1. The van der Waals surface area contributed by atoms with Crippen molar-refractivity contribution in [2.45, 2.75) is 32.1 Å². The second kappa shape index (κ2) is 5.22. The summed E-state index contributed by atoms with van der Waals surface area (Å²) in [5.41, 5.74) is 0.879. The van der Waals surface area contributed by atoms with Crippen LogP contribution in [0.15, 0.2) is 18.2 Å². The average molecular weight is 264 g/mol. The molecule has 0 bridgehead atoms. The van der Waals surface area contributed by atoms with E-state index in [0.29, 0.717) is 0 Å². The van der Waals surface area contributed by atoms with Gasteiger partial charge in [0.15, 0.2) is 5.13 Å². The topological polar surface area (TPSA) is 24.9 Å². The van der Waals surface area contributed by atoms with Crippen LogP contribution in [-0.4, -0.2) is 11.5 Å². The number of thiazole rings is 1. The quantitative estimate of drug-likeness (QED) is 0.883. The fourth-order valence-electron chi connectivity index (χ4n) is 2.66. The molecule has 0 aliphatic heterocycles. The minimum atomic E-state index is -0.191. The molecule has 0 spiro atoms. The summed E-state index contributed by atoms with van der Waals surface area (Å²) >= 11 is 1.53. The van der Waals surface area contributed by atoms with Crippen LogP contribution in [0.3, 0.4) is 0 Å². The molecule has 0 atom stereocenters. The molecule has 0 saturated heterocycles. The van der Waals surface area contributed by atoms with E-state index in [2.05, 4.69) is 10.3 Å². The van der Waals surface area contributed by atoms with Gasteiger partial charge in [-0.15, -0.1) is 0 Å². The molecule has 4 heteroatoms. The van der Waals surface area contributed by atoms with Gasteiger partial charge in [-0.25, -0.2) is 9.37 Å². The largest absolute Gasteiger partial charge is 0.361 e. The Bertz CT molecular complexity index is 532. The average Bonchev–Trinajstić information content (AvgIpc) is 2.97. The van der Waals surface area contributed by atoms with E-state index in [4.69, 9.17) is 0 Å². The number of halogens is 1. The van der Waals surface area contributed by atoms with E-state index in [1.165, 1.54) is 49.5 Å². The predicted molar refractivity (Wildman–Crippen MR) is 74.6 cm³/mol. The zero-order chi connectivity index (χ0) is 12.4. The highest BCUT2D eigenvalue weighted by Crippen LogP contribution is 2.29. The van der Waals surface area contributed by atoms with Crippen LogP contribution in [0.2, 0.25) is 0 Å². The van der Waals surface area contributed by atoms with Crippen LogP contribution in [-0.2, 0) is 0 Å². The van der Waals surface area contributed by atoms with E-state index in [-0.39, 0.29) is 5.82 Å². The summed E-state index contributed by atoms with van der Waals surface area (Å²) in [6.07, 6.45) is 6.78. The standard InChI is InChI=1S/C14H17FN2S/c15-11-5-6-12-13(9-11)18-14(17-12)16-8-7-10-3-1-2-4-10/h5-6,9-10H,1-4,7-8H2,(H,16,17). The second-order valence-electron chi connectivity index (χ2n) is 5.00. The van der Waals surface area contributed by atoms with Crippen molar-refractivity contribution in [1.82, 2.24) is 4.98 Å². The molecule has 1 fully saturated rings. The molecule has 1 aliphatic carbocycles. The zero-order valence-corrected chi connectivity index (χ0v) is 11.1. The number of rotatable bonds is 4. The molecule has 0 radical (unpaired) electrons. The van der Waals surface area contributed by atoms with Crippen LogP contribution in [0, 0.1) is 11.7 Å². The van der Waals surface area contributed by atoms with Gasteiger partial charge in [-0.05, 0) is 30.5 Å². The first-order chi connectivity index (χ1) is 8.81. The van der Waals surface area contributed by atoms with Crippen LogP contribution < -0.4 is 5.32 Å². The lowest BCUT2D eigenvalue weighted by Crippen LogP contribution is -2.06. The van der Waals surface area contributed by atoms with Crippen LogP contribution >= 0.6 is 11.3 Å². The lowest BCUT2D eigenvalue weighted by Gasteiger charge is -2.08. The lowest BCUT2D eigenvalue weighted by atomic mass is 10.0. The van der Waals surface area contributed by atoms with Crippen LogP contribution in [0.1, 0.15) is 32.1 Å². The SMILES string of the molecule is Fc1ccc2nc(NCCC3CCCC3)sc2c1. The van der Waals surface area contributed by atoms with Crippen LogP contribution in [0.4, 0.5) is 9.52 Å². The molecule has 1 N–H and O–H groups in total. The van der Waals surface area contributed by atoms with Gasteiger partial charge < -0.3 is 5.32 Å². The first-order valence-corrected chi connectivity index (χ1v) is 7.43. The van der Waals surface area contributed by atoms with Gasteiger partial charge in [0.1, 0.15) is 5.82 Å². The van der Waals surface area contributed by atoms with Gasteiger partial charge in [0.05, 0.1) is 10.2 Å². The number of hydrogen-bond donors (Lipinski definition) is 1. The maximum atomic E-state index is 13.1. The summed E-state index contributed by atoms with van der Waals surface area (Å²) in [7, 11) is 0. The highest BCUT2D eigenvalue weighted by molar-refractivity contribution is 7.22. The Labute approximate surface area is 110 Å². The number of hydrogen-bond acceptors (Lipinski definition) is 3. The number of aromatic nitrogens is 1. The molecular formula is C14H17FN2S. The third-order valence-electron chi connectivity index (χ3n) is 3.65. The van der Waals surface area contributed by atoms with Gasteiger partial charge in [0, 0.05) is 6.54 Å². The summed E-state index contributed by atoms with van der Waals surface area (Å²) < 4.78 is 14.0. The number of nitrogens with zero attached hydrogens (tertiary/aromatic N) is 1. The highest BCUT2D eigenvalue weighted by Gasteiger charge is 2.14. The molecule has 3 rings (SSSR count). The fraction of sp³-hybridized carbons (Fsp3) is 0.500. The maximum Gasteiger partial charge on any atom is 0.183 e. The van der Waals surface area contributed by atoms with Gasteiger partial charge in [-0.2, -0.15) is 0 Å². The van der Waals surface area contributed by atoms with E-state index in [0.717, 1.165) is 27.8 Å². The Kier molecular flexibility index (Phi) is 3.46. The van der Waals surface area contributed by atoms with E-state index >= 15 is 0 Å². The number of fused-ring (bicyclic) bond motifs is 1. The summed E-state index contributed by atoms with van der Waals surface area (Å²) in [4.78, 5) is 4.46. The van der Waals surface area contributed by atoms with Crippen molar-refractivity contribution in [2.24, 2.45) is 5.92 Å². The van der Waals surface area contributed by atoms with E-state index < -0.39 is 0 Å². The summed E-state index contributed by atoms with van der Waals surface area (Å²) in [5, 5.41) is 4.28. The predicted octanol–water partition coefficient (Wildman–Crippen LogP) is 4.43. The third kappa shape index (κ3) is 2.64. The molecule has 0 amide bonds. The Morgan fingerprint density at radius 1 is 1.33 bits per heavy atom. The molecule has 1 aromatic carbocycles. The van der Waals surface area contributed by atoms with Crippen LogP contribution in [0.25, 0.3) is 10.2 Å². The molecule has 1 aromatic heterocycles. The molecule has 1 aliphatic rings. The minimum absolute atomic E-state index is 0.191. The summed E-state index contributed by atoms with van der Waals surface area (Å²) in [5.74, 6) is 0.702. The molecule has 18 heavy (non-hydrogen) atoms. The Morgan fingerprint density at radius 3 is 3.00 bits per heavy atom. The maximum absolute atomic E-state index is 13.1. The lowest BCUT2D eigenvalue weighted by molar-refractivity contribution is 0.518. The van der Waals surface area contributed by atoms with E-state index in [1.807, 2.05) is 0 Å². The third-order valence-corrected chi connectivity index (χ3v) is 4.63. The van der Waals surface area contributed by atoms with Gasteiger partial charge in [0.2, 0.25) is 0 Å². The van der Waals surface area contributed by atoms with Crippen molar-refractivity contribution in [3.63, 3.8) is 0 Å². The molecule has 2 aromatic rings. The van der Waals surface area contributed by atoms with Gasteiger partial charge in [-0.3, -0.25) is 0 Å². The first kappa shape index (κ1) is 11.9. The van der Waals surface area contributed by atoms with Crippen molar-refractivity contribution in [1.29, 1.82) is 0 Å². The van der Waals surface area contributed by atoms with Crippen LogP contribution in [0.5, 0.6) is 0 Å². The molecule has 1 saturated carbocycles. The smallest absolute Gasteiger partial charge is 0.183 e. The Morgan fingerprint density at radius 2 is 2.17 bits per heavy atom. The number of nitrogens with one attached hydrogen (secondary N) is 1. The minimum Gasteiger partial charge on any atom is -0.361 e. The monoisotopic (exact) mass is 264 g/mol. The van der Waals surface area contributed by atoms with Gasteiger partial charge >= 0.3 is 0 Å². The zero-order valence-electron chi connectivity index (χ0n) is 10.3. The number of anilines is 1. The Hall–Kier alpha value is -1.16. The van der Waals surface area contributed by atoms with Crippen molar-refractivity contribution in [3.8, 4) is 0 Å². The molecule has 1 heterocycles.